The number of nitrogens with zero attached hydrogens (tertiary/aromatic N) is 4. The van der Waals surface area contributed by atoms with Crippen LogP contribution in [0.2, 0.25) is 0 Å². The molecule has 0 amide bonds. The highest BCUT2D eigenvalue weighted by Gasteiger charge is 2.37. The molecule has 3 heterocycles. The lowest BCUT2D eigenvalue weighted by molar-refractivity contribution is 0.205. The van der Waals surface area contributed by atoms with Crippen molar-refractivity contribution < 1.29 is 4.74 Å². The van der Waals surface area contributed by atoms with Crippen molar-refractivity contribution in [3.05, 3.63) is 89.5 Å². The molecule has 7 rings (SSSR count). The van der Waals surface area contributed by atoms with Gasteiger partial charge in [0.05, 0.1) is 16.8 Å². The topological polar surface area (TPSA) is 52.8 Å². The summed E-state index contributed by atoms with van der Waals surface area (Å²) in [5, 5.41) is 10.2. The third-order valence-corrected chi connectivity index (χ3v) is 8.11. The minimum absolute atomic E-state index is 0.184. The number of hydrogen-bond donors (Lipinski definition) is 0. The van der Waals surface area contributed by atoms with Crippen LogP contribution in [0.4, 0.5) is 0 Å². The summed E-state index contributed by atoms with van der Waals surface area (Å²) in [7, 11) is 0. The summed E-state index contributed by atoms with van der Waals surface area (Å²) in [6, 6.07) is 21.4. The van der Waals surface area contributed by atoms with Gasteiger partial charge in [-0.25, -0.2) is 4.98 Å². The molecule has 0 spiro atoms. The van der Waals surface area contributed by atoms with E-state index in [0.29, 0.717) is 23.4 Å². The Balaban J connectivity index is 1.62. The number of hydrogen-bond acceptors (Lipinski definition) is 4. The second-order valence-corrected chi connectivity index (χ2v) is 11.2. The molecule has 0 saturated carbocycles. The minimum Gasteiger partial charge on any atom is -0.488 e. The maximum atomic E-state index is 6.69. The summed E-state index contributed by atoms with van der Waals surface area (Å²) in [4.78, 5) is 5.20. The Morgan fingerprint density at radius 3 is 2.42 bits per heavy atom. The Labute approximate surface area is 223 Å². The van der Waals surface area contributed by atoms with Crippen LogP contribution in [0.15, 0.2) is 72.8 Å². The van der Waals surface area contributed by atoms with Crippen LogP contribution in [0.25, 0.3) is 39.1 Å². The van der Waals surface area contributed by atoms with Crippen molar-refractivity contribution in [1.29, 1.82) is 0 Å². The van der Waals surface area contributed by atoms with Crippen LogP contribution in [-0.4, -0.2) is 25.9 Å². The van der Waals surface area contributed by atoms with Gasteiger partial charge in [-0.2, -0.15) is 0 Å². The molecule has 2 aliphatic rings. The highest BCUT2D eigenvalue weighted by molar-refractivity contribution is 6.03. The first-order chi connectivity index (χ1) is 18.5. The van der Waals surface area contributed by atoms with Crippen LogP contribution in [0.3, 0.4) is 0 Å². The van der Waals surface area contributed by atoms with Gasteiger partial charge < -0.3 is 4.74 Å². The number of ether oxygens (including phenoxy) is 1. The quantitative estimate of drug-likeness (QED) is 0.234. The van der Waals surface area contributed by atoms with Gasteiger partial charge in [0.2, 0.25) is 5.65 Å². The smallest absolute Gasteiger partial charge is 0.201 e. The molecule has 3 aromatic carbocycles. The van der Waals surface area contributed by atoms with E-state index < -0.39 is 0 Å². The van der Waals surface area contributed by atoms with Crippen molar-refractivity contribution >= 4 is 22.1 Å². The van der Waals surface area contributed by atoms with Crippen LogP contribution in [-0.2, 0) is 0 Å². The molecule has 0 bridgehead atoms. The van der Waals surface area contributed by atoms with Gasteiger partial charge in [-0.15, -0.1) is 10.2 Å². The lowest BCUT2D eigenvalue weighted by Gasteiger charge is -2.23. The molecular formula is C33H32N4O. The first-order valence-electron chi connectivity index (χ1n) is 13.8. The fraction of sp³-hybridized carbons (Fsp3) is 0.303. The maximum Gasteiger partial charge on any atom is 0.201 e. The highest BCUT2D eigenvalue weighted by atomic mass is 16.5. The number of fused-ring (bicyclic) bond motifs is 6. The summed E-state index contributed by atoms with van der Waals surface area (Å²) < 4.78 is 9.04. The number of allylic oxidation sites excluding steroid dienone is 1. The molecule has 5 nitrogen and oxygen atoms in total. The normalized spacial score (nSPS) is 18.4. The Morgan fingerprint density at radius 1 is 0.868 bits per heavy atom. The van der Waals surface area contributed by atoms with E-state index in [1.54, 1.807) is 0 Å². The summed E-state index contributed by atoms with van der Waals surface area (Å²) in [6.07, 6.45) is 6.89. The van der Waals surface area contributed by atoms with Gasteiger partial charge in [0.1, 0.15) is 17.4 Å². The van der Waals surface area contributed by atoms with Gasteiger partial charge in [0, 0.05) is 16.9 Å². The van der Waals surface area contributed by atoms with Crippen LogP contribution in [0.5, 0.6) is 5.75 Å². The average Bonchev–Trinajstić information content (AvgIpc) is 3.51. The van der Waals surface area contributed by atoms with Gasteiger partial charge in [0.15, 0.2) is 5.82 Å². The Bertz CT molecular complexity index is 1700. The third kappa shape index (κ3) is 3.41. The molecule has 2 unspecified atom stereocenters. The SMILES string of the molecule is CC(C)c1cccc(C(C)C)c1-n1c(-c2cccc3c2OC2CCC=CC32)nc2nnc3ccccc3c21. The monoisotopic (exact) mass is 500 g/mol. The fourth-order valence-corrected chi connectivity index (χ4v) is 6.27. The summed E-state index contributed by atoms with van der Waals surface area (Å²) >= 11 is 0. The molecule has 190 valence electrons. The first kappa shape index (κ1) is 23.2. The van der Waals surface area contributed by atoms with Crippen LogP contribution in [0, 0.1) is 0 Å². The molecule has 5 heteroatoms. The maximum absolute atomic E-state index is 6.69. The summed E-state index contributed by atoms with van der Waals surface area (Å²) in [5.74, 6) is 2.78. The van der Waals surface area contributed by atoms with Crippen molar-refractivity contribution in [2.45, 2.75) is 64.4 Å². The highest BCUT2D eigenvalue weighted by Crippen LogP contribution is 2.49. The second-order valence-electron chi connectivity index (χ2n) is 11.2. The number of aromatic nitrogens is 4. The minimum atomic E-state index is 0.184. The van der Waals surface area contributed by atoms with Crippen LogP contribution < -0.4 is 4.74 Å². The van der Waals surface area contributed by atoms with Crippen molar-refractivity contribution in [2.24, 2.45) is 0 Å². The molecular weight excluding hydrogens is 468 g/mol. The van der Waals surface area contributed by atoms with Gasteiger partial charge in [-0.1, -0.05) is 88.4 Å². The fourth-order valence-electron chi connectivity index (χ4n) is 6.27. The van der Waals surface area contributed by atoms with Gasteiger partial charge >= 0.3 is 0 Å². The molecule has 5 aromatic rings. The van der Waals surface area contributed by atoms with E-state index in [0.717, 1.165) is 46.4 Å². The van der Waals surface area contributed by atoms with E-state index in [-0.39, 0.29) is 6.10 Å². The van der Waals surface area contributed by atoms with E-state index in [1.807, 2.05) is 12.1 Å². The summed E-state index contributed by atoms with van der Waals surface area (Å²) in [6.45, 7) is 9.06. The molecule has 2 aromatic heterocycles. The predicted molar refractivity (Wildman–Crippen MR) is 153 cm³/mol. The Kier molecular flexibility index (Phi) is 5.36. The van der Waals surface area contributed by atoms with E-state index in [4.69, 9.17) is 9.72 Å². The van der Waals surface area contributed by atoms with Crippen molar-refractivity contribution in [1.82, 2.24) is 19.7 Å². The summed E-state index contributed by atoms with van der Waals surface area (Å²) in [5.41, 5.74) is 8.56. The molecule has 0 N–H and O–H groups in total. The van der Waals surface area contributed by atoms with Crippen molar-refractivity contribution in [2.75, 3.05) is 0 Å². The number of para-hydroxylation sites is 2. The molecule has 0 saturated heterocycles. The molecule has 38 heavy (non-hydrogen) atoms. The van der Waals surface area contributed by atoms with Crippen LogP contribution >= 0.6 is 0 Å². The molecule has 0 fully saturated rings. The van der Waals surface area contributed by atoms with Gasteiger partial charge in [-0.3, -0.25) is 4.57 Å². The second kappa shape index (κ2) is 8.80. The largest absolute Gasteiger partial charge is 0.488 e. The van der Waals surface area contributed by atoms with E-state index in [1.165, 1.54) is 22.4 Å². The zero-order valence-corrected chi connectivity index (χ0v) is 22.3. The van der Waals surface area contributed by atoms with Crippen LogP contribution in [0.1, 0.15) is 75.0 Å². The lowest BCUT2D eigenvalue weighted by Crippen LogP contribution is -2.19. The zero-order chi connectivity index (χ0) is 26.0. The van der Waals surface area contributed by atoms with Crippen molar-refractivity contribution in [3.8, 4) is 22.8 Å². The third-order valence-electron chi connectivity index (χ3n) is 8.11. The predicted octanol–water partition coefficient (Wildman–Crippen LogP) is 8.08. The standard InChI is InChI=1S/C33H32N4O/c1-19(2)21-13-9-14-22(20(3)4)29(21)37-30-25-12-5-7-17-27(25)35-36-32(30)34-33(37)26-16-10-15-24-23-11-6-8-18-28(23)38-31(24)26/h5-7,9-17,19-20,23,28H,8,18H2,1-4H3. The molecule has 2 atom stereocenters. The Hall–Kier alpha value is -3.99. The molecule has 1 aliphatic carbocycles. The van der Waals surface area contributed by atoms with Gasteiger partial charge in [-0.05, 0) is 47.9 Å². The molecule has 1 aliphatic heterocycles. The van der Waals surface area contributed by atoms with E-state index in [9.17, 15) is 0 Å². The van der Waals surface area contributed by atoms with E-state index in [2.05, 4.69) is 103 Å². The number of rotatable bonds is 4. The Morgan fingerprint density at radius 2 is 1.63 bits per heavy atom. The van der Waals surface area contributed by atoms with Crippen molar-refractivity contribution in [3.63, 3.8) is 0 Å². The van der Waals surface area contributed by atoms with E-state index >= 15 is 0 Å². The number of imidazole rings is 1. The first-order valence-corrected chi connectivity index (χ1v) is 13.8. The van der Waals surface area contributed by atoms with Gasteiger partial charge in [0.25, 0.3) is 0 Å². The zero-order valence-electron chi connectivity index (χ0n) is 22.3. The molecule has 0 radical (unpaired) electrons. The lowest BCUT2D eigenvalue weighted by atomic mass is 9.88. The average molecular weight is 501 g/mol. The number of benzene rings is 3.